The normalized spacial score (nSPS) is 18.4. The van der Waals surface area contributed by atoms with E-state index in [4.69, 9.17) is 0 Å². The molecule has 1 heterocycles. The van der Waals surface area contributed by atoms with Crippen LogP contribution in [0.3, 0.4) is 0 Å². The molecule has 0 unspecified atom stereocenters. The molecule has 1 amide bonds. The van der Waals surface area contributed by atoms with E-state index in [0.29, 0.717) is 48.0 Å². The number of anilines is 2. The molecule has 4 rings (SSSR count). The molecule has 0 spiro atoms. The highest BCUT2D eigenvalue weighted by molar-refractivity contribution is 5.95. The molecule has 1 N–H and O–H groups in total. The van der Waals surface area contributed by atoms with Gasteiger partial charge in [0, 0.05) is 50.0 Å². The number of nitrogens with one attached hydrogen (secondary N) is 1. The number of alkyl halides is 3. The summed E-state index contributed by atoms with van der Waals surface area (Å²) in [6.07, 6.45) is -1.88. The first-order valence-electron chi connectivity index (χ1n) is 11.5. The van der Waals surface area contributed by atoms with E-state index in [1.807, 2.05) is 4.90 Å². The predicted molar refractivity (Wildman–Crippen MR) is 129 cm³/mol. The first kappa shape index (κ1) is 24.8. The largest absolute Gasteiger partial charge is 0.433 e. The van der Waals surface area contributed by atoms with E-state index < -0.39 is 23.6 Å². The van der Waals surface area contributed by atoms with Crippen LogP contribution in [0.4, 0.5) is 28.9 Å². The van der Waals surface area contributed by atoms with E-state index in [9.17, 15) is 22.4 Å². The Labute approximate surface area is 201 Å². The zero-order valence-electron chi connectivity index (χ0n) is 19.9. The van der Waals surface area contributed by atoms with Crippen molar-refractivity contribution in [3.63, 3.8) is 0 Å². The third-order valence-electron chi connectivity index (χ3n) is 6.66. The Hall–Kier alpha value is -3.36. The number of carbonyl (C=O) groups is 1. The van der Waals surface area contributed by atoms with Crippen molar-refractivity contribution in [3.8, 4) is 0 Å². The van der Waals surface area contributed by atoms with Gasteiger partial charge in [0.2, 0.25) is 0 Å². The molecule has 0 atom stereocenters. The number of pyridine rings is 1. The Morgan fingerprint density at radius 3 is 2.31 bits per heavy atom. The number of amides is 1. The number of fused-ring (bicyclic) bond motifs is 1. The molecular weight excluding hydrogens is 460 g/mol. The minimum absolute atomic E-state index is 0.00206. The van der Waals surface area contributed by atoms with Crippen molar-refractivity contribution >= 4 is 28.2 Å². The maximum Gasteiger partial charge on any atom is 0.433 e. The lowest BCUT2D eigenvalue weighted by Gasteiger charge is -2.37. The fourth-order valence-electron chi connectivity index (χ4n) is 4.63. The van der Waals surface area contributed by atoms with Crippen LogP contribution in [0, 0.1) is 5.82 Å². The molecule has 2 aromatic carbocycles. The summed E-state index contributed by atoms with van der Waals surface area (Å²) in [7, 11) is 5.39. The molecule has 0 bridgehead atoms. The third kappa shape index (κ3) is 5.33. The number of nitrogens with zero attached hydrogens (tertiary/aromatic N) is 3. The van der Waals surface area contributed by atoms with Gasteiger partial charge in [-0.25, -0.2) is 9.37 Å². The van der Waals surface area contributed by atoms with E-state index in [2.05, 4.69) is 10.3 Å². The molecule has 1 aromatic heterocycles. The average molecular weight is 489 g/mol. The SMILES string of the molecule is CN(C)c1ccc(C(=O)NC2CCC(N(C)c3cc(C(F)(F)F)nc4ccccc34)CC2)c(F)c1. The van der Waals surface area contributed by atoms with E-state index in [-0.39, 0.29) is 17.6 Å². The van der Waals surface area contributed by atoms with Crippen molar-refractivity contribution < 1.29 is 22.4 Å². The number of hydrogen-bond acceptors (Lipinski definition) is 4. The molecule has 1 fully saturated rings. The first-order chi connectivity index (χ1) is 16.5. The summed E-state index contributed by atoms with van der Waals surface area (Å²) in [6.45, 7) is 0. The summed E-state index contributed by atoms with van der Waals surface area (Å²) in [5.74, 6) is -1.04. The summed E-state index contributed by atoms with van der Waals surface area (Å²) in [5, 5.41) is 3.57. The van der Waals surface area contributed by atoms with Crippen LogP contribution in [0.1, 0.15) is 41.7 Å². The Morgan fingerprint density at radius 1 is 1.00 bits per heavy atom. The highest BCUT2D eigenvalue weighted by Crippen LogP contribution is 2.36. The Bertz CT molecular complexity index is 1220. The number of aromatic nitrogens is 1. The Morgan fingerprint density at radius 2 is 1.69 bits per heavy atom. The fraction of sp³-hybridized carbons (Fsp3) is 0.385. The van der Waals surface area contributed by atoms with Gasteiger partial charge in [-0.05, 0) is 56.0 Å². The van der Waals surface area contributed by atoms with E-state index in [1.165, 1.54) is 12.1 Å². The predicted octanol–water partition coefficient (Wildman–Crippen LogP) is 5.64. The van der Waals surface area contributed by atoms with Gasteiger partial charge in [0.1, 0.15) is 11.5 Å². The number of benzene rings is 2. The van der Waals surface area contributed by atoms with Gasteiger partial charge in [-0.1, -0.05) is 18.2 Å². The second kappa shape index (κ2) is 9.71. The maximum atomic E-state index is 14.4. The second-order valence-corrected chi connectivity index (χ2v) is 9.19. The first-order valence-corrected chi connectivity index (χ1v) is 11.5. The van der Waals surface area contributed by atoms with E-state index in [0.717, 1.165) is 6.07 Å². The molecule has 0 aliphatic heterocycles. The summed E-state index contributed by atoms with van der Waals surface area (Å²) in [6, 6.07) is 12.3. The molecule has 186 valence electrons. The highest BCUT2D eigenvalue weighted by Gasteiger charge is 2.34. The van der Waals surface area contributed by atoms with Crippen molar-refractivity contribution in [2.75, 3.05) is 30.9 Å². The minimum atomic E-state index is -4.54. The molecule has 0 radical (unpaired) electrons. The van der Waals surface area contributed by atoms with Gasteiger partial charge in [-0.2, -0.15) is 13.2 Å². The molecule has 35 heavy (non-hydrogen) atoms. The summed E-state index contributed by atoms with van der Waals surface area (Å²) < 4.78 is 54.8. The van der Waals surface area contributed by atoms with Crippen LogP contribution in [0.15, 0.2) is 48.5 Å². The Kier molecular flexibility index (Phi) is 6.87. The lowest BCUT2D eigenvalue weighted by atomic mass is 9.89. The van der Waals surface area contributed by atoms with Crippen LogP contribution in [-0.2, 0) is 6.18 Å². The molecule has 1 aliphatic carbocycles. The smallest absolute Gasteiger partial charge is 0.378 e. The standard InChI is InChI=1S/C26H28F4N4O/c1-33(2)18-12-13-19(21(27)14-18)25(35)31-16-8-10-17(11-9-16)34(3)23-15-24(26(28,29)30)32-22-7-5-4-6-20(22)23/h4-7,12-17H,8-11H2,1-3H3,(H,31,35). The van der Waals surface area contributed by atoms with Gasteiger partial charge < -0.3 is 15.1 Å². The zero-order chi connectivity index (χ0) is 25.3. The van der Waals surface area contributed by atoms with Crippen LogP contribution in [0.2, 0.25) is 0 Å². The lowest BCUT2D eigenvalue weighted by molar-refractivity contribution is -0.140. The molecule has 3 aromatic rings. The van der Waals surface area contributed by atoms with E-state index >= 15 is 0 Å². The number of para-hydroxylation sites is 1. The molecule has 5 nitrogen and oxygen atoms in total. The van der Waals surface area contributed by atoms with Gasteiger partial charge in [0.05, 0.1) is 11.1 Å². The summed E-state index contributed by atoms with van der Waals surface area (Å²) in [5.41, 5.74) is 0.532. The number of rotatable bonds is 5. The van der Waals surface area contributed by atoms with Crippen molar-refractivity contribution in [1.29, 1.82) is 0 Å². The van der Waals surface area contributed by atoms with Crippen LogP contribution in [-0.4, -0.2) is 44.1 Å². The monoisotopic (exact) mass is 488 g/mol. The number of halogens is 4. The zero-order valence-corrected chi connectivity index (χ0v) is 19.9. The molecule has 1 saturated carbocycles. The number of carbonyl (C=O) groups excluding carboxylic acids is 1. The highest BCUT2D eigenvalue weighted by atomic mass is 19.4. The molecule has 1 aliphatic rings. The second-order valence-electron chi connectivity index (χ2n) is 9.19. The van der Waals surface area contributed by atoms with Gasteiger partial charge in [-0.15, -0.1) is 0 Å². The van der Waals surface area contributed by atoms with Gasteiger partial charge >= 0.3 is 6.18 Å². The van der Waals surface area contributed by atoms with E-state index in [1.54, 1.807) is 56.4 Å². The van der Waals surface area contributed by atoms with Crippen molar-refractivity contribution in [1.82, 2.24) is 10.3 Å². The quantitative estimate of drug-likeness (QED) is 0.473. The van der Waals surface area contributed by atoms with Crippen LogP contribution < -0.4 is 15.1 Å². The number of hydrogen-bond donors (Lipinski definition) is 1. The summed E-state index contributed by atoms with van der Waals surface area (Å²) >= 11 is 0. The van der Waals surface area contributed by atoms with Crippen molar-refractivity contribution in [2.24, 2.45) is 0 Å². The van der Waals surface area contributed by atoms with Gasteiger partial charge in [0.15, 0.2) is 0 Å². The van der Waals surface area contributed by atoms with Gasteiger partial charge in [-0.3, -0.25) is 4.79 Å². The Balaban J connectivity index is 1.45. The molecular formula is C26H28F4N4O. The van der Waals surface area contributed by atoms with Crippen LogP contribution in [0.5, 0.6) is 0 Å². The van der Waals surface area contributed by atoms with Crippen LogP contribution >= 0.6 is 0 Å². The maximum absolute atomic E-state index is 14.4. The van der Waals surface area contributed by atoms with Crippen molar-refractivity contribution in [3.05, 3.63) is 65.6 Å². The third-order valence-corrected chi connectivity index (χ3v) is 6.66. The van der Waals surface area contributed by atoms with Crippen LogP contribution in [0.25, 0.3) is 10.9 Å². The topological polar surface area (TPSA) is 48.5 Å². The lowest BCUT2D eigenvalue weighted by Crippen LogP contribution is -2.43. The molecule has 0 saturated heterocycles. The fourth-order valence-corrected chi connectivity index (χ4v) is 4.63. The minimum Gasteiger partial charge on any atom is -0.378 e. The van der Waals surface area contributed by atoms with Crippen molar-refractivity contribution in [2.45, 2.75) is 43.9 Å². The molecule has 9 heteroatoms. The van der Waals surface area contributed by atoms with Gasteiger partial charge in [0.25, 0.3) is 5.91 Å². The average Bonchev–Trinajstić information content (AvgIpc) is 2.82. The summed E-state index contributed by atoms with van der Waals surface area (Å²) in [4.78, 5) is 20.1.